The van der Waals surface area contributed by atoms with Crippen molar-refractivity contribution in [2.45, 2.75) is 25.8 Å². The van der Waals surface area contributed by atoms with Crippen LogP contribution in [0, 0.1) is 0 Å². The van der Waals surface area contributed by atoms with Crippen molar-refractivity contribution in [2.75, 3.05) is 13.2 Å². The molecule has 0 fully saturated rings. The second-order valence-corrected chi connectivity index (χ2v) is 2.81. The maximum Gasteiger partial charge on any atom is 0.250 e. The van der Waals surface area contributed by atoms with Gasteiger partial charge in [0.15, 0.2) is 0 Å². The summed E-state index contributed by atoms with van der Waals surface area (Å²) in [5.41, 5.74) is -0.601. The molecule has 0 amide bonds. The zero-order chi connectivity index (χ0) is 8.20. The zero-order valence-electron chi connectivity index (χ0n) is 6.19. The summed E-state index contributed by atoms with van der Waals surface area (Å²) in [5, 5.41) is 11.1. The molecule has 2 N–H and O–H groups in total. The highest BCUT2D eigenvalue weighted by atomic mass is 19.3. The fourth-order valence-corrected chi connectivity index (χ4v) is 0.409. The molecule has 0 saturated carbocycles. The Morgan fingerprint density at radius 2 is 2.00 bits per heavy atom. The summed E-state index contributed by atoms with van der Waals surface area (Å²) in [7, 11) is 0. The van der Waals surface area contributed by atoms with Crippen molar-refractivity contribution < 1.29 is 13.9 Å². The van der Waals surface area contributed by atoms with E-state index in [9.17, 15) is 8.78 Å². The predicted molar refractivity (Wildman–Crippen MR) is 35.2 cm³/mol. The van der Waals surface area contributed by atoms with Gasteiger partial charge in [0, 0.05) is 5.54 Å². The van der Waals surface area contributed by atoms with E-state index in [4.69, 9.17) is 5.11 Å². The first-order valence-corrected chi connectivity index (χ1v) is 3.12. The number of alkyl halides is 2. The van der Waals surface area contributed by atoms with Crippen LogP contribution < -0.4 is 5.32 Å². The molecule has 4 heteroatoms. The fraction of sp³-hybridized carbons (Fsp3) is 1.00. The molecule has 0 aliphatic carbocycles. The zero-order valence-corrected chi connectivity index (χ0v) is 6.19. The van der Waals surface area contributed by atoms with E-state index < -0.39 is 12.0 Å². The summed E-state index contributed by atoms with van der Waals surface area (Å²) in [5.74, 6) is 0. The normalized spacial score (nSPS) is 12.6. The molecular weight excluding hydrogens is 140 g/mol. The largest absolute Gasteiger partial charge is 0.394 e. The minimum atomic E-state index is -2.36. The fourth-order valence-electron chi connectivity index (χ4n) is 0.409. The average Bonchev–Trinajstić information content (AvgIpc) is 1.85. The van der Waals surface area contributed by atoms with Gasteiger partial charge in [0.2, 0.25) is 0 Å². The Hall–Kier alpha value is -0.220. The molecule has 0 unspecified atom stereocenters. The van der Waals surface area contributed by atoms with Crippen LogP contribution >= 0.6 is 0 Å². The van der Waals surface area contributed by atoms with Crippen molar-refractivity contribution >= 4 is 0 Å². The number of nitrogens with one attached hydrogen (secondary N) is 1. The molecule has 0 aliphatic rings. The van der Waals surface area contributed by atoms with Crippen LogP contribution in [-0.4, -0.2) is 30.2 Å². The number of aliphatic hydroxyl groups is 1. The summed E-state index contributed by atoms with van der Waals surface area (Å²) >= 11 is 0. The lowest BCUT2D eigenvalue weighted by Gasteiger charge is -2.22. The molecule has 10 heavy (non-hydrogen) atoms. The van der Waals surface area contributed by atoms with Crippen molar-refractivity contribution in [1.82, 2.24) is 5.32 Å². The number of aliphatic hydroxyl groups excluding tert-OH is 1. The lowest BCUT2D eigenvalue weighted by molar-refractivity contribution is 0.116. The Balaban J connectivity index is 3.46. The minimum Gasteiger partial charge on any atom is -0.394 e. The van der Waals surface area contributed by atoms with Gasteiger partial charge < -0.3 is 10.4 Å². The Morgan fingerprint density at radius 1 is 1.50 bits per heavy atom. The molecule has 0 rings (SSSR count). The maximum absolute atomic E-state index is 11.6. The van der Waals surface area contributed by atoms with E-state index in [1.165, 1.54) is 0 Å². The smallest absolute Gasteiger partial charge is 0.250 e. The number of hydrogen-bond donors (Lipinski definition) is 2. The van der Waals surface area contributed by atoms with Gasteiger partial charge in [-0.1, -0.05) is 0 Å². The molecule has 0 aromatic heterocycles. The van der Waals surface area contributed by atoms with Crippen LogP contribution in [0.3, 0.4) is 0 Å². The number of halogens is 2. The van der Waals surface area contributed by atoms with Crippen molar-refractivity contribution in [3.05, 3.63) is 0 Å². The van der Waals surface area contributed by atoms with Crippen molar-refractivity contribution in [3.63, 3.8) is 0 Å². The van der Waals surface area contributed by atoms with E-state index >= 15 is 0 Å². The van der Waals surface area contributed by atoms with Gasteiger partial charge in [-0.3, -0.25) is 0 Å². The van der Waals surface area contributed by atoms with Gasteiger partial charge >= 0.3 is 0 Å². The Labute approximate surface area is 59.2 Å². The van der Waals surface area contributed by atoms with Crippen molar-refractivity contribution in [3.8, 4) is 0 Å². The molecular formula is C6H13F2NO. The molecule has 0 aromatic carbocycles. The lowest BCUT2D eigenvalue weighted by atomic mass is 10.1. The van der Waals surface area contributed by atoms with Crippen LogP contribution in [0.2, 0.25) is 0 Å². The summed E-state index contributed by atoms with van der Waals surface area (Å²) in [6, 6.07) is 0. The summed E-state index contributed by atoms with van der Waals surface area (Å²) in [6.45, 7) is 2.82. The van der Waals surface area contributed by atoms with E-state index in [1.54, 1.807) is 13.8 Å². The minimum absolute atomic E-state index is 0.139. The molecule has 2 nitrogen and oxygen atoms in total. The van der Waals surface area contributed by atoms with Gasteiger partial charge in [-0.2, -0.15) is 0 Å². The molecule has 0 saturated heterocycles. The highest BCUT2D eigenvalue weighted by Gasteiger charge is 2.16. The van der Waals surface area contributed by atoms with Crippen LogP contribution in [-0.2, 0) is 0 Å². The van der Waals surface area contributed by atoms with Gasteiger partial charge in [0.25, 0.3) is 6.43 Å². The maximum atomic E-state index is 11.6. The van der Waals surface area contributed by atoms with Crippen LogP contribution in [0.1, 0.15) is 13.8 Å². The van der Waals surface area contributed by atoms with Gasteiger partial charge in [0.05, 0.1) is 13.2 Å². The van der Waals surface area contributed by atoms with E-state index in [-0.39, 0.29) is 13.2 Å². The molecule has 0 heterocycles. The lowest BCUT2D eigenvalue weighted by Crippen LogP contribution is -2.44. The monoisotopic (exact) mass is 153 g/mol. The Bertz CT molecular complexity index is 95.7. The van der Waals surface area contributed by atoms with Gasteiger partial charge in [-0.05, 0) is 13.8 Å². The van der Waals surface area contributed by atoms with Gasteiger partial charge in [-0.15, -0.1) is 0 Å². The van der Waals surface area contributed by atoms with Crippen LogP contribution in [0.5, 0.6) is 0 Å². The highest BCUT2D eigenvalue weighted by Crippen LogP contribution is 2.00. The van der Waals surface area contributed by atoms with Crippen LogP contribution in [0.25, 0.3) is 0 Å². The first kappa shape index (κ1) is 9.78. The molecule has 0 radical (unpaired) electrons. The third-order valence-corrected chi connectivity index (χ3v) is 1.13. The number of hydrogen-bond acceptors (Lipinski definition) is 2. The third kappa shape index (κ3) is 4.64. The standard InChI is InChI=1S/C6H13F2NO/c1-6(2,4-10)9-3-5(7)8/h5,9-10H,3-4H2,1-2H3. The molecule has 0 atom stereocenters. The summed E-state index contributed by atoms with van der Waals surface area (Å²) < 4.78 is 23.1. The highest BCUT2D eigenvalue weighted by molar-refractivity contribution is 4.75. The van der Waals surface area contributed by atoms with E-state index in [0.717, 1.165) is 0 Å². The first-order chi connectivity index (χ1) is 4.48. The summed E-state index contributed by atoms with van der Waals surface area (Å²) in [4.78, 5) is 0. The Kier molecular flexibility index (Phi) is 3.75. The Morgan fingerprint density at radius 3 is 2.30 bits per heavy atom. The predicted octanol–water partition coefficient (Wildman–Crippen LogP) is 0.612. The van der Waals surface area contributed by atoms with Crippen LogP contribution in [0.15, 0.2) is 0 Å². The van der Waals surface area contributed by atoms with Crippen molar-refractivity contribution in [2.24, 2.45) is 0 Å². The second-order valence-electron chi connectivity index (χ2n) is 2.81. The number of rotatable bonds is 4. The van der Waals surface area contributed by atoms with E-state index in [2.05, 4.69) is 5.32 Å². The van der Waals surface area contributed by atoms with Gasteiger partial charge in [0.1, 0.15) is 0 Å². The second kappa shape index (κ2) is 3.83. The van der Waals surface area contributed by atoms with E-state index in [1.807, 2.05) is 0 Å². The molecule has 0 bridgehead atoms. The average molecular weight is 153 g/mol. The van der Waals surface area contributed by atoms with Gasteiger partial charge in [-0.25, -0.2) is 8.78 Å². The first-order valence-electron chi connectivity index (χ1n) is 3.12. The topological polar surface area (TPSA) is 32.3 Å². The molecule has 0 spiro atoms. The SMILES string of the molecule is CC(C)(CO)NCC(F)F. The molecule has 0 aliphatic heterocycles. The molecule has 62 valence electrons. The quantitative estimate of drug-likeness (QED) is 0.620. The molecule has 0 aromatic rings. The van der Waals surface area contributed by atoms with E-state index in [0.29, 0.717) is 0 Å². The van der Waals surface area contributed by atoms with Crippen LogP contribution in [0.4, 0.5) is 8.78 Å². The summed E-state index contributed by atoms with van der Waals surface area (Å²) in [6.07, 6.45) is -2.36. The third-order valence-electron chi connectivity index (χ3n) is 1.13. The van der Waals surface area contributed by atoms with Crippen molar-refractivity contribution in [1.29, 1.82) is 0 Å².